The van der Waals surface area contributed by atoms with Crippen molar-refractivity contribution >= 4 is 11.9 Å². The van der Waals surface area contributed by atoms with Gasteiger partial charge in [-0.05, 0) is 79.2 Å². The summed E-state index contributed by atoms with van der Waals surface area (Å²) < 4.78 is 10.8. The van der Waals surface area contributed by atoms with Gasteiger partial charge in [0.1, 0.15) is 11.5 Å². The second kappa shape index (κ2) is 6.26. The highest BCUT2D eigenvalue weighted by molar-refractivity contribution is 5.69. The van der Waals surface area contributed by atoms with Gasteiger partial charge in [-0.3, -0.25) is 9.59 Å². The number of hydrogen-bond acceptors (Lipinski definition) is 4. The first-order valence-corrected chi connectivity index (χ1v) is 9.59. The lowest BCUT2D eigenvalue weighted by Gasteiger charge is -2.49. The fourth-order valence-electron chi connectivity index (χ4n) is 5.63. The summed E-state index contributed by atoms with van der Waals surface area (Å²) in [4.78, 5) is 22.7. The lowest BCUT2D eigenvalue weighted by molar-refractivity contribution is -0.139. The van der Waals surface area contributed by atoms with Crippen LogP contribution in [0, 0.1) is 17.3 Å². The Kier molecular flexibility index (Phi) is 4.17. The van der Waals surface area contributed by atoms with Crippen LogP contribution in [0.2, 0.25) is 0 Å². The summed E-state index contributed by atoms with van der Waals surface area (Å²) in [6.45, 7) is 5.20. The molecule has 0 spiro atoms. The van der Waals surface area contributed by atoms with E-state index in [2.05, 4.69) is 19.1 Å². The Morgan fingerprint density at radius 1 is 1.12 bits per heavy atom. The summed E-state index contributed by atoms with van der Waals surface area (Å²) in [5.41, 5.74) is 2.72. The standard InChI is InChI=1S/C22H26O4/c1-13(23)25-16-5-7-17-15(12-16)4-6-19-18(17)10-11-22(3)20(19)8-9-21(22)26-14(2)24/h5,7,9,12,18-20H,4,6,8,10-11H2,1-3H3/t18-,19-,20+,22+/m1/s1. The molecule has 0 aliphatic heterocycles. The number of carbonyl (C=O) groups is 2. The molecule has 0 saturated heterocycles. The number of carbonyl (C=O) groups excluding carboxylic acids is 2. The van der Waals surface area contributed by atoms with Crippen LogP contribution in [0.1, 0.15) is 63.5 Å². The molecule has 0 heterocycles. The molecule has 4 rings (SSSR count). The van der Waals surface area contributed by atoms with E-state index in [9.17, 15) is 9.59 Å². The van der Waals surface area contributed by atoms with Crippen LogP contribution < -0.4 is 4.74 Å². The predicted octanol–water partition coefficient (Wildman–Crippen LogP) is 4.52. The van der Waals surface area contributed by atoms with Gasteiger partial charge in [0.05, 0.1) is 0 Å². The molecular formula is C22H26O4. The highest BCUT2D eigenvalue weighted by Crippen LogP contribution is 2.61. The number of fused-ring (bicyclic) bond motifs is 5. The van der Waals surface area contributed by atoms with Crippen molar-refractivity contribution in [1.29, 1.82) is 0 Å². The summed E-state index contributed by atoms with van der Waals surface area (Å²) >= 11 is 0. The molecule has 1 aromatic rings. The van der Waals surface area contributed by atoms with Crippen molar-refractivity contribution in [3.8, 4) is 5.75 Å². The molecule has 0 N–H and O–H groups in total. The maximum absolute atomic E-state index is 11.5. The summed E-state index contributed by atoms with van der Waals surface area (Å²) in [6, 6.07) is 6.12. The van der Waals surface area contributed by atoms with Crippen molar-refractivity contribution in [2.75, 3.05) is 0 Å². The average Bonchev–Trinajstić information content (AvgIpc) is 2.90. The van der Waals surface area contributed by atoms with Crippen LogP contribution in [0.3, 0.4) is 0 Å². The van der Waals surface area contributed by atoms with Crippen LogP contribution >= 0.6 is 0 Å². The Balaban J connectivity index is 1.59. The minimum Gasteiger partial charge on any atom is -0.431 e. The minimum absolute atomic E-state index is 0.0119. The zero-order chi connectivity index (χ0) is 18.5. The van der Waals surface area contributed by atoms with Crippen LogP contribution in [0.5, 0.6) is 5.75 Å². The molecule has 26 heavy (non-hydrogen) atoms. The van der Waals surface area contributed by atoms with E-state index in [1.54, 1.807) is 0 Å². The third kappa shape index (κ3) is 2.76. The van der Waals surface area contributed by atoms with Crippen molar-refractivity contribution in [2.45, 2.75) is 58.8 Å². The van der Waals surface area contributed by atoms with E-state index in [0.29, 0.717) is 23.5 Å². The number of hydrogen-bond donors (Lipinski definition) is 0. The topological polar surface area (TPSA) is 52.6 Å². The molecule has 4 heteroatoms. The molecule has 3 aliphatic carbocycles. The van der Waals surface area contributed by atoms with E-state index in [1.807, 2.05) is 12.1 Å². The molecule has 138 valence electrons. The maximum Gasteiger partial charge on any atom is 0.308 e. The molecule has 4 atom stereocenters. The molecule has 1 aromatic carbocycles. The molecule has 0 radical (unpaired) electrons. The lowest BCUT2D eigenvalue weighted by Crippen LogP contribution is -2.41. The highest BCUT2D eigenvalue weighted by atomic mass is 16.5. The quantitative estimate of drug-likeness (QED) is 0.578. The number of benzene rings is 1. The first kappa shape index (κ1) is 17.3. The second-order valence-electron chi connectivity index (χ2n) is 8.22. The van der Waals surface area contributed by atoms with Crippen LogP contribution in [0.4, 0.5) is 0 Å². The number of rotatable bonds is 2. The fraction of sp³-hybridized carbons (Fsp3) is 0.545. The molecule has 1 fully saturated rings. The van der Waals surface area contributed by atoms with Crippen molar-refractivity contribution in [1.82, 2.24) is 0 Å². The average molecular weight is 354 g/mol. The normalized spacial score (nSPS) is 32.0. The van der Waals surface area contributed by atoms with Gasteiger partial charge >= 0.3 is 11.9 Å². The smallest absolute Gasteiger partial charge is 0.308 e. The molecule has 0 unspecified atom stereocenters. The maximum atomic E-state index is 11.5. The number of esters is 2. The lowest BCUT2D eigenvalue weighted by atomic mass is 9.55. The van der Waals surface area contributed by atoms with E-state index in [-0.39, 0.29) is 17.4 Å². The molecule has 0 bridgehead atoms. The van der Waals surface area contributed by atoms with E-state index in [1.165, 1.54) is 25.0 Å². The van der Waals surface area contributed by atoms with Crippen LogP contribution in [-0.2, 0) is 20.7 Å². The van der Waals surface area contributed by atoms with Gasteiger partial charge in [-0.2, -0.15) is 0 Å². The Labute approximate surface area is 154 Å². The van der Waals surface area contributed by atoms with E-state index >= 15 is 0 Å². The zero-order valence-electron chi connectivity index (χ0n) is 15.7. The molecule has 4 nitrogen and oxygen atoms in total. The Hall–Kier alpha value is -2.10. The fourth-order valence-corrected chi connectivity index (χ4v) is 5.63. The molecule has 0 aromatic heterocycles. The third-order valence-corrected chi connectivity index (χ3v) is 6.72. The Morgan fingerprint density at radius 3 is 2.62 bits per heavy atom. The Bertz CT molecular complexity index is 793. The van der Waals surface area contributed by atoms with Crippen molar-refractivity contribution in [3.05, 3.63) is 41.2 Å². The highest BCUT2D eigenvalue weighted by Gasteiger charge is 2.53. The number of aryl methyl sites for hydroxylation is 1. The van der Waals surface area contributed by atoms with Gasteiger partial charge in [0.15, 0.2) is 0 Å². The van der Waals surface area contributed by atoms with Gasteiger partial charge in [-0.1, -0.05) is 13.0 Å². The van der Waals surface area contributed by atoms with Crippen molar-refractivity contribution in [3.63, 3.8) is 0 Å². The van der Waals surface area contributed by atoms with Gasteiger partial charge in [0, 0.05) is 19.3 Å². The van der Waals surface area contributed by atoms with Crippen molar-refractivity contribution in [2.24, 2.45) is 17.3 Å². The summed E-state index contributed by atoms with van der Waals surface area (Å²) in [6.07, 6.45) is 7.46. The van der Waals surface area contributed by atoms with Gasteiger partial charge < -0.3 is 9.47 Å². The van der Waals surface area contributed by atoms with Crippen LogP contribution in [0.15, 0.2) is 30.0 Å². The van der Waals surface area contributed by atoms with E-state index in [0.717, 1.165) is 37.9 Å². The van der Waals surface area contributed by atoms with E-state index < -0.39 is 0 Å². The van der Waals surface area contributed by atoms with Gasteiger partial charge in [0.2, 0.25) is 0 Å². The van der Waals surface area contributed by atoms with Gasteiger partial charge in [-0.15, -0.1) is 0 Å². The number of allylic oxidation sites excluding steroid dienone is 2. The first-order chi connectivity index (χ1) is 12.4. The number of ether oxygens (including phenoxy) is 2. The molecule has 1 saturated carbocycles. The van der Waals surface area contributed by atoms with Gasteiger partial charge in [-0.25, -0.2) is 0 Å². The summed E-state index contributed by atoms with van der Waals surface area (Å²) in [5, 5.41) is 0. The minimum atomic E-state index is -0.276. The van der Waals surface area contributed by atoms with E-state index in [4.69, 9.17) is 9.47 Å². The second-order valence-corrected chi connectivity index (χ2v) is 8.22. The summed E-state index contributed by atoms with van der Waals surface area (Å²) in [5.74, 6) is 2.75. The monoisotopic (exact) mass is 354 g/mol. The SMILES string of the molecule is CC(=O)OC1=CC[C@H]2[C@@H]3CCc4cc(OC(C)=O)ccc4[C@H]3CC[C@]12C. The zero-order valence-corrected chi connectivity index (χ0v) is 15.7. The molecule has 3 aliphatic rings. The largest absolute Gasteiger partial charge is 0.431 e. The summed E-state index contributed by atoms with van der Waals surface area (Å²) in [7, 11) is 0. The van der Waals surface area contributed by atoms with Crippen molar-refractivity contribution < 1.29 is 19.1 Å². The third-order valence-electron chi connectivity index (χ3n) is 6.72. The predicted molar refractivity (Wildman–Crippen MR) is 97.6 cm³/mol. The van der Waals surface area contributed by atoms with Gasteiger partial charge in [0.25, 0.3) is 0 Å². The van der Waals surface area contributed by atoms with Crippen LogP contribution in [0.25, 0.3) is 0 Å². The Morgan fingerprint density at radius 2 is 1.88 bits per heavy atom. The molecule has 0 amide bonds. The molecular weight excluding hydrogens is 328 g/mol. The van der Waals surface area contributed by atoms with Crippen LogP contribution in [-0.4, -0.2) is 11.9 Å². The first-order valence-electron chi connectivity index (χ1n) is 9.59.